The van der Waals surface area contributed by atoms with Crippen LogP contribution in [0.4, 0.5) is 5.69 Å². The first-order valence-corrected chi connectivity index (χ1v) is 9.75. The molecule has 4 aliphatic carbocycles. The number of benzene rings is 1. The summed E-state index contributed by atoms with van der Waals surface area (Å²) in [6, 6.07) is 8.11. The minimum atomic E-state index is -0.221. The fourth-order valence-corrected chi connectivity index (χ4v) is 6.53. The highest BCUT2D eigenvalue weighted by Gasteiger charge is 2.60. The molecule has 2 nitrogen and oxygen atoms in total. The third-order valence-corrected chi connectivity index (χ3v) is 6.97. The molecule has 0 saturated heterocycles. The van der Waals surface area contributed by atoms with Crippen LogP contribution in [-0.2, 0) is 4.79 Å². The minimum Gasteiger partial charge on any atom is -0.326 e. The Balaban J connectivity index is 1.57. The number of carbonyl (C=O) groups is 1. The summed E-state index contributed by atoms with van der Waals surface area (Å²) >= 11 is 8.53. The highest BCUT2D eigenvalue weighted by molar-refractivity contribution is 7.98. The maximum Gasteiger partial charge on any atom is 0.230 e. The first-order chi connectivity index (χ1) is 10.5. The highest BCUT2D eigenvalue weighted by Crippen LogP contribution is 2.64. The molecule has 0 aliphatic heterocycles. The van der Waals surface area contributed by atoms with Gasteiger partial charge in [0.15, 0.2) is 0 Å². The van der Waals surface area contributed by atoms with E-state index in [1.54, 1.807) is 11.8 Å². The summed E-state index contributed by atoms with van der Waals surface area (Å²) in [5.41, 5.74) is 0.692. The van der Waals surface area contributed by atoms with E-state index < -0.39 is 0 Å². The van der Waals surface area contributed by atoms with E-state index in [-0.39, 0.29) is 16.2 Å². The Hall–Kier alpha value is -0.670. The second kappa shape index (κ2) is 5.17. The molecule has 22 heavy (non-hydrogen) atoms. The van der Waals surface area contributed by atoms with Crippen molar-refractivity contribution < 1.29 is 4.79 Å². The van der Waals surface area contributed by atoms with Gasteiger partial charge >= 0.3 is 0 Å². The standard InChI is InChI=1S/C18H22ClNOS/c1-22-15-4-2-3-14(6-15)20-16(21)17-7-12-5-13(8-17)10-18(19,9-12)11-17/h2-4,6,12-13H,5,7-11H2,1H3,(H,20,21)/t12-,13+,17?,18?. The van der Waals surface area contributed by atoms with Crippen LogP contribution in [-0.4, -0.2) is 17.0 Å². The number of halogens is 1. The van der Waals surface area contributed by atoms with E-state index in [1.807, 2.05) is 12.1 Å². The number of rotatable bonds is 3. The Labute approximate surface area is 141 Å². The zero-order valence-electron chi connectivity index (χ0n) is 12.9. The van der Waals surface area contributed by atoms with Crippen molar-refractivity contribution in [2.24, 2.45) is 17.3 Å². The van der Waals surface area contributed by atoms with E-state index in [1.165, 1.54) is 11.3 Å². The number of carbonyl (C=O) groups excluding carboxylic acids is 1. The van der Waals surface area contributed by atoms with Crippen LogP contribution in [0.25, 0.3) is 0 Å². The molecule has 4 atom stereocenters. The van der Waals surface area contributed by atoms with Gasteiger partial charge in [0.1, 0.15) is 0 Å². The van der Waals surface area contributed by atoms with Gasteiger partial charge in [-0.15, -0.1) is 23.4 Å². The van der Waals surface area contributed by atoms with Gasteiger partial charge in [-0.05, 0) is 74.8 Å². The predicted molar refractivity (Wildman–Crippen MR) is 92.6 cm³/mol. The second-order valence-corrected chi connectivity index (χ2v) is 9.26. The Morgan fingerprint density at radius 1 is 1.27 bits per heavy atom. The Morgan fingerprint density at radius 2 is 2.00 bits per heavy atom. The van der Waals surface area contributed by atoms with Crippen molar-refractivity contribution in [3.63, 3.8) is 0 Å². The molecule has 2 unspecified atom stereocenters. The van der Waals surface area contributed by atoms with Gasteiger partial charge in [0, 0.05) is 15.5 Å². The fraction of sp³-hybridized carbons (Fsp3) is 0.611. The highest BCUT2D eigenvalue weighted by atomic mass is 35.5. The van der Waals surface area contributed by atoms with Crippen LogP contribution in [0, 0.1) is 17.3 Å². The minimum absolute atomic E-state index is 0.109. The quantitative estimate of drug-likeness (QED) is 0.627. The summed E-state index contributed by atoms with van der Waals surface area (Å²) in [6.45, 7) is 0. The molecule has 1 aromatic rings. The van der Waals surface area contributed by atoms with Gasteiger partial charge in [0.05, 0.1) is 5.41 Å². The van der Waals surface area contributed by atoms with Gasteiger partial charge in [-0.1, -0.05) is 6.07 Å². The van der Waals surface area contributed by atoms with Crippen molar-refractivity contribution in [1.82, 2.24) is 0 Å². The Morgan fingerprint density at radius 3 is 2.64 bits per heavy atom. The Bertz CT molecular complexity index is 603. The molecule has 4 fully saturated rings. The molecule has 0 aromatic heterocycles. The number of anilines is 1. The van der Waals surface area contributed by atoms with Crippen LogP contribution in [0.2, 0.25) is 0 Å². The predicted octanol–water partition coefficient (Wildman–Crippen LogP) is 4.92. The third-order valence-electron chi connectivity index (χ3n) is 5.80. The van der Waals surface area contributed by atoms with Gasteiger partial charge < -0.3 is 5.32 Å². The van der Waals surface area contributed by atoms with Gasteiger partial charge in [-0.25, -0.2) is 0 Å². The van der Waals surface area contributed by atoms with E-state index >= 15 is 0 Å². The SMILES string of the molecule is CSc1cccc(NC(=O)C23C[C@@H]4C[C@@H](CC(Cl)(C4)C2)C3)c1. The summed E-state index contributed by atoms with van der Waals surface area (Å²) in [4.78, 5) is 14.1. The molecule has 1 amide bonds. The van der Waals surface area contributed by atoms with Crippen molar-refractivity contribution in [3.8, 4) is 0 Å². The van der Waals surface area contributed by atoms with Crippen molar-refractivity contribution in [2.75, 3.05) is 11.6 Å². The number of nitrogens with one attached hydrogen (secondary N) is 1. The maximum absolute atomic E-state index is 13.0. The lowest BCUT2D eigenvalue weighted by Crippen LogP contribution is -2.57. The van der Waals surface area contributed by atoms with Crippen LogP contribution in [0.15, 0.2) is 29.2 Å². The maximum atomic E-state index is 13.0. The molecule has 0 spiro atoms. The fourth-order valence-electron chi connectivity index (χ4n) is 5.38. The molecule has 0 heterocycles. The van der Waals surface area contributed by atoms with Gasteiger partial charge in [0.2, 0.25) is 5.91 Å². The van der Waals surface area contributed by atoms with E-state index in [4.69, 9.17) is 11.6 Å². The van der Waals surface area contributed by atoms with E-state index in [0.29, 0.717) is 11.8 Å². The van der Waals surface area contributed by atoms with Crippen LogP contribution in [0.1, 0.15) is 38.5 Å². The van der Waals surface area contributed by atoms with E-state index in [0.717, 1.165) is 37.8 Å². The lowest BCUT2D eigenvalue weighted by Gasteiger charge is -2.59. The Kier molecular flexibility index (Phi) is 3.50. The van der Waals surface area contributed by atoms with Crippen LogP contribution in [0.3, 0.4) is 0 Å². The molecule has 4 aliphatic rings. The smallest absolute Gasteiger partial charge is 0.230 e. The summed E-state index contributed by atoms with van der Waals surface area (Å²) < 4.78 is 0. The average Bonchev–Trinajstić information content (AvgIpc) is 2.45. The van der Waals surface area contributed by atoms with Crippen LogP contribution >= 0.6 is 23.4 Å². The molecule has 4 saturated carbocycles. The summed E-state index contributed by atoms with van der Waals surface area (Å²) in [6.07, 6.45) is 8.49. The lowest BCUT2D eigenvalue weighted by atomic mass is 9.49. The largest absolute Gasteiger partial charge is 0.326 e. The first-order valence-electron chi connectivity index (χ1n) is 8.15. The lowest BCUT2D eigenvalue weighted by molar-refractivity contribution is -0.138. The van der Waals surface area contributed by atoms with E-state index in [2.05, 4.69) is 23.7 Å². The van der Waals surface area contributed by atoms with Crippen LogP contribution < -0.4 is 5.32 Å². The monoisotopic (exact) mass is 335 g/mol. The molecule has 0 radical (unpaired) electrons. The van der Waals surface area contributed by atoms with Crippen molar-refractivity contribution in [3.05, 3.63) is 24.3 Å². The number of hydrogen-bond donors (Lipinski definition) is 1. The molecule has 5 rings (SSSR count). The molecular weight excluding hydrogens is 314 g/mol. The zero-order chi connectivity index (χ0) is 15.4. The van der Waals surface area contributed by atoms with Crippen molar-refractivity contribution in [1.29, 1.82) is 0 Å². The van der Waals surface area contributed by atoms with Gasteiger partial charge in [-0.3, -0.25) is 4.79 Å². The van der Waals surface area contributed by atoms with Gasteiger partial charge in [0.25, 0.3) is 0 Å². The summed E-state index contributed by atoms with van der Waals surface area (Å²) in [5, 5.41) is 3.18. The molecule has 4 bridgehead atoms. The van der Waals surface area contributed by atoms with Gasteiger partial charge in [-0.2, -0.15) is 0 Å². The molecule has 1 aromatic carbocycles. The van der Waals surface area contributed by atoms with E-state index in [9.17, 15) is 4.79 Å². The topological polar surface area (TPSA) is 29.1 Å². The number of thioether (sulfide) groups is 1. The third kappa shape index (κ3) is 2.46. The summed E-state index contributed by atoms with van der Waals surface area (Å²) in [7, 11) is 0. The first kappa shape index (κ1) is 14.9. The number of amides is 1. The zero-order valence-corrected chi connectivity index (χ0v) is 14.5. The van der Waals surface area contributed by atoms with Crippen molar-refractivity contribution >= 4 is 35.0 Å². The van der Waals surface area contributed by atoms with Crippen molar-refractivity contribution in [2.45, 2.75) is 48.3 Å². The number of alkyl halides is 1. The van der Waals surface area contributed by atoms with Crippen LogP contribution in [0.5, 0.6) is 0 Å². The molecular formula is C18H22ClNOS. The second-order valence-electron chi connectivity index (χ2n) is 7.58. The number of hydrogen-bond acceptors (Lipinski definition) is 2. The molecule has 4 heteroatoms. The molecule has 1 N–H and O–H groups in total. The average molecular weight is 336 g/mol. The summed E-state index contributed by atoms with van der Waals surface area (Å²) in [5.74, 6) is 1.51. The normalized spacial score (nSPS) is 39.0. The molecule has 118 valence electrons.